The van der Waals surface area contributed by atoms with Gasteiger partial charge in [-0.3, -0.25) is 5.41 Å². The maximum absolute atomic E-state index is 7.53. The highest BCUT2D eigenvalue weighted by Gasteiger charge is 2.06. The molecular formula is C13H20N2S. The molecule has 0 spiro atoms. The van der Waals surface area contributed by atoms with Crippen molar-refractivity contribution >= 4 is 17.6 Å². The zero-order chi connectivity index (χ0) is 12.1. The first-order chi connectivity index (χ1) is 7.50. The highest BCUT2D eigenvalue weighted by atomic mass is 32.2. The fourth-order valence-electron chi connectivity index (χ4n) is 1.38. The quantitative estimate of drug-likeness (QED) is 0.467. The maximum atomic E-state index is 7.53. The number of aryl methyl sites for hydroxylation is 1. The van der Waals surface area contributed by atoms with Crippen molar-refractivity contribution in [2.45, 2.75) is 32.1 Å². The zero-order valence-corrected chi connectivity index (χ0v) is 11.0. The number of hydrogen-bond donors (Lipinski definition) is 2. The Morgan fingerprint density at radius 3 is 2.69 bits per heavy atom. The molecule has 3 N–H and O–H groups in total. The fraction of sp³-hybridized carbons (Fsp3) is 0.462. The second kappa shape index (κ2) is 5.94. The van der Waals surface area contributed by atoms with Gasteiger partial charge in [-0.25, -0.2) is 0 Å². The summed E-state index contributed by atoms with van der Waals surface area (Å²) in [4.78, 5) is 1.13. The number of nitrogens with two attached hydrogens (primary N) is 1. The van der Waals surface area contributed by atoms with Crippen LogP contribution >= 0.6 is 11.8 Å². The van der Waals surface area contributed by atoms with E-state index >= 15 is 0 Å². The Morgan fingerprint density at radius 1 is 1.44 bits per heavy atom. The number of thioether (sulfide) groups is 1. The minimum absolute atomic E-state index is 0.159. The average Bonchev–Trinajstić information content (AvgIpc) is 2.16. The van der Waals surface area contributed by atoms with Gasteiger partial charge in [0.25, 0.3) is 0 Å². The van der Waals surface area contributed by atoms with Gasteiger partial charge in [0.15, 0.2) is 0 Å². The van der Waals surface area contributed by atoms with Gasteiger partial charge in [-0.05, 0) is 42.7 Å². The molecule has 0 aliphatic heterocycles. The van der Waals surface area contributed by atoms with Crippen molar-refractivity contribution in [3.8, 4) is 0 Å². The summed E-state index contributed by atoms with van der Waals surface area (Å²) in [6.07, 6.45) is 1.19. The van der Waals surface area contributed by atoms with Gasteiger partial charge >= 0.3 is 0 Å². The Morgan fingerprint density at radius 2 is 2.12 bits per heavy atom. The van der Waals surface area contributed by atoms with Crippen LogP contribution in [0.1, 0.15) is 31.4 Å². The molecule has 0 amide bonds. The Hall–Kier alpha value is -0.960. The van der Waals surface area contributed by atoms with E-state index in [0.29, 0.717) is 0 Å². The molecule has 1 aromatic carbocycles. The number of hydrogen-bond acceptors (Lipinski definition) is 2. The van der Waals surface area contributed by atoms with Crippen LogP contribution in [0.2, 0.25) is 0 Å². The van der Waals surface area contributed by atoms with Gasteiger partial charge in [0.1, 0.15) is 5.84 Å². The molecule has 0 heterocycles. The summed E-state index contributed by atoms with van der Waals surface area (Å²) in [7, 11) is 0. The molecule has 16 heavy (non-hydrogen) atoms. The smallest absolute Gasteiger partial charge is 0.123 e. The lowest BCUT2D eigenvalue weighted by Gasteiger charge is -2.10. The van der Waals surface area contributed by atoms with Crippen LogP contribution in [0.4, 0.5) is 0 Å². The van der Waals surface area contributed by atoms with Crippen LogP contribution in [0.25, 0.3) is 0 Å². The van der Waals surface area contributed by atoms with Gasteiger partial charge in [0.2, 0.25) is 0 Å². The van der Waals surface area contributed by atoms with Crippen LogP contribution in [0, 0.1) is 18.3 Å². The molecule has 0 aliphatic carbocycles. The van der Waals surface area contributed by atoms with Crippen LogP contribution in [0.3, 0.4) is 0 Å². The van der Waals surface area contributed by atoms with E-state index in [9.17, 15) is 0 Å². The molecule has 0 radical (unpaired) electrons. The van der Waals surface area contributed by atoms with Crippen LogP contribution in [0.5, 0.6) is 0 Å². The third-order valence-electron chi connectivity index (χ3n) is 2.38. The number of nitrogens with one attached hydrogen (secondary N) is 1. The molecule has 0 fully saturated rings. The average molecular weight is 236 g/mol. The summed E-state index contributed by atoms with van der Waals surface area (Å²) in [6, 6.07) is 6.06. The molecule has 1 rings (SSSR count). The first-order valence-corrected chi connectivity index (χ1v) is 6.57. The summed E-state index contributed by atoms with van der Waals surface area (Å²) in [5.41, 5.74) is 7.65. The van der Waals surface area contributed by atoms with E-state index in [1.165, 1.54) is 12.0 Å². The summed E-state index contributed by atoms with van der Waals surface area (Å²) in [5, 5.41) is 7.53. The first kappa shape index (κ1) is 13.1. The van der Waals surface area contributed by atoms with Crippen LogP contribution in [0.15, 0.2) is 23.1 Å². The van der Waals surface area contributed by atoms with Crippen molar-refractivity contribution in [3.05, 3.63) is 29.3 Å². The van der Waals surface area contributed by atoms with E-state index in [-0.39, 0.29) is 5.84 Å². The highest BCUT2D eigenvalue weighted by molar-refractivity contribution is 7.99. The molecule has 0 saturated heterocycles. The summed E-state index contributed by atoms with van der Waals surface area (Å²) in [6.45, 7) is 6.52. The maximum Gasteiger partial charge on any atom is 0.123 e. The lowest BCUT2D eigenvalue weighted by Crippen LogP contribution is -2.12. The molecule has 88 valence electrons. The second-order valence-electron chi connectivity index (χ2n) is 4.44. The van der Waals surface area contributed by atoms with E-state index in [1.807, 2.05) is 12.1 Å². The summed E-state index contributed by atoms with van der Waals surface area (Å²) < 4.78 is 0. The van der Waals surface area contributed by atoms with Gasteiger partial charge in [-0.15, -0.1) is 11.8 Å². The van der Waals surface area contributed by atoms with Crippen LogP contribution in [-0.4, -0.2) is 11.6 Å². The lowest BCUT2D eigenvalue weighted by atomic mass is 10.1. The summed E-state index contributed by atoms with van der Waals surface area (Å²) >= 11 is 1.80. The molecular weight excluding hydrogens is 216 g/mol. The number of benzene rings is 1. The molecule has 0 saturated carbocycles. The third-order valence-corrected chi connectivity index (χ3v) is 3.47. The Kier molecular flexibility index (Phi) is 4.87. The van der Waals surface area contributed by atoms with Crippen LogP contribution < -0.4 is 5.73 Å². The number of amidine groups is 1. The summed E-state index contributed by atoms with van der Waals surface area (Å²) in [5.74, 6) is 1.96. The minimum atomic E-state index is 0.159. The van der Waals surface area contributed by atoms with Crippen molar-refractivity contribution in [2.24, 2.45) is 11.7 Å². The monoisotopic (exact) mass is 236 g/mol. The van der Waals surface area contributed by atoms with E-state index < -0.39 is 0 Å². The van der Waals surface area contributed by atoms with Crippen molar-refractivity contribution in [3.63, 3.8) is 0 Å². The van der Waals surface area contributed by atoms with Crippen LogP contribution in [-0.2, 0) is 0 Å². The predicted octanol–water partition coefficient (Wildman–Crippen LogP) is 3.42. The molecule has 0 bridgehead atoms. The van der Waals surface area contributed by atoms with Gasteiger partial charge < -0.3 is 5.73 Å². The molecule has 1 aromatic rings. The third kappa shape index (κ3) is 3.89. The van der Waals surface area contributed by atoms with Crippen molar-refractivity contribution in [1.82, 2.24) is 0 Å². The normalized spacial score (nSPS) is 10.8. The molecule has 0 aliphatic rings. The topological polar surface area (TPSA) is 49.9 Å². The van der Waals surface area contributed by atoms with Crippen molar-refractivity contribution in [2.75, 3.05) is 5.75 Å². The van der Waals surface area contributed by atoms with E-state index in [2.05, 4.69) is 26.8 Å². The Bertz CT molecular complexity index is 372. The highest BCUT2D eigenvalue weighted by Crippen LogP contribution is 2.25. The first-order valence-electron chi connectivity index (χ1n) is 5.58. The standard InChI is InChI=1S/C13H20N2S/c1-9(2)6-7-16-12-8-10(3)4-5-11(12)13(14)15/h4-5,8-9H,6-7H2,1-3H3,(H3,14,15). The van der Waals surface area contributed by atoms with E-state index in [1.54, 1.807) is 11.8 Å². The number of nitrogen functional groups attached to an aromatic ring is 1. The fourth-order valence-corrected chi connectivity index (χ4v) is 2.79. The minimum Gasteiger partial charge on any atom is -0.384 e. The lowest BCUT2D eigenvalue weighted by molar-refractivity contribution is 0.632. The van der Waals surface area contributed by atoms with Gasteiger partial charge in [0, 0.05) is 10.5 Å². The SMILES string of the molecule is Cc1ccc(C(=N)N)c(SCCC(C)C)c1. The van der Waals surface area contributed by atoms with Crippen molar-refractivity contribution in [1.29, 1.82) is 5.41 Å². The van der Waals surface area contributed by atoms with E-state index in [0.717, 1.165) is 22.1 Å². The van der Waals surface area contributed by atoms with Gasteiger partial charge in [-0.2, -0.15) is 0 Å². The molecule has 0 atom stereocenters. The molecule has 3 heteroatoms. The Labute approximate surface area is 102 Å². The van der Waals surface area contributed by atoms with E-state index in [4.69, 9.17) is 11.1 Å². The number of rotatable bonds is 5. The predicted molar refractivity (Wildman–Crippen MR) is 72.4 cm³/mol. The zero-order valence-electron chi connectivity index (χ0n) is 10.2. The molecule has 0 unspecified atom stereocenters. The molecule has 0 aromatic heterocycles. The molecule has 2 nitrogen and oxygen atoms in total. The Balaban J connectivity index is 2.76. The van der Waals surface area contributed by atoms with Gasteiger partial charge in [0.05, 0.1) is 0 Å². The second-order valence-corrected chi connectivity index (χ2v) is 5.58. The largest absolute Gasteiger partial charge is 0.384 e. The van der Waals surface area contributed by atoms with Gasteiger partial charge in [-0.1, -0.05) is 19.9 Å². The van der Waals surface area contributed by atoms with Crippen molar-refractivity contribution < 1.29 is 0 Å².